The Hall–Kier alpha value is -3.56. The van der Waals surface area contributed by atoms with Crippen molar-refractivity contribution >= 4 is 18.0 Å². The molecule has 0 saturated heterocycles. The summed E-state index contributed by atoms with van der Waals surface area (Å²) in [7, 11) is 0. The monoisotopic (exact) mass is 436 g/mol. The Morgan fingerprint density at radius 3 is 2.06 bits per heavy atom. The first-order valence-electron chi connectivity index (χ1n) is 9.33. The number of aliphatic carboxylic acids is 1. The summed E-state index contributed by atoms with van der Waals surface area (Å²) < 4.78 is 43.5. The SMILES string of the molecule is O=C(O)CNC(=O)C(CC(F)(F)F)NC(=O)OCC1c2ccccc2-c2ccccc21. The zero-order valence-corrected chi connectivity index (χ0v) is 16.1. The number of nitrogens with one attached hydrogen (secondary N) is 2. The Morgan fingerprint density at radius 2 is 1.55 bits per heavy atom. The van der Waals surface area contributed by atoms with E-state index in [2.05, 4.69) is 0 Å². The van der Waals surface area contributed by atoms with Crippen molar-refractivity contribution in [2.75, 3.05) is 13.2 Å². The van der Waals surface area contributed by atoms with Gasteiger partial charge in [-0.25, -0.2) is 4.79 Å². The molecule has 0 bridgehead atoms. The molecule has 0 spiro atoms. The first-order valence-corrected chi connectivity index (χ1v) is 9.33. The Kier molecular flexibility index (Phi) is 6.47. The number of halogens is 3. The smallest absolute Gasteiger partial charge is 0.407 e. The third kappa shape index (κ3) is 5.53. The van der Waals surface area contributed by atoms with Crippen LogP contribution in [-0.4, -0.2) is 48.4 Å². The average Bonchev–Trinajstić information content (AvgIpc) is 3.03. The number of benzene rings is 2. The lowest BCUT2D eigenvalue weighted by Crippen LogP contribution is -2.50. The van der Waals surface area contributed by atoms with Gasteiger partial charge in [-0.05, 0) is 22.3 Å². The maximum Gasteiger partial charge on any atom is 0.407 e. The second-order valence-corrected chi connectivity index (χ2v) is 6.95. The standard InChI is InChI=1S/C21H19F3N2O5/c22-21(23,24)9-17(19(29)25-10-18(27)28)26-20(30)31-11-16-14-7-3-1-5-12(14)13-6-2-4-8-15(13)16/h1-8,16-17H,9-11H2,(H,25,29)(H,26,30)(H,27,28). The molecule has 2 amide bonds. The zero-order chi connectivity index (χ0) is 22.6. The quantitative estimate of drug-likeness (QED) is 0.619. The molecule has 7 nitrogen and oxygen atoms in total. The first-order chi connectivity index (χ1) is 14.7. The highest BCUT2D eigenvalue weighted by Gasteiger charge is 2.37. The molecule has 1 atom stereocenters. The van der Waals surface area contributed by atoms with Gasteiger partial charge in [-0.3, -0.25) is 9.59 Å². The Balaban J connectivity index is 1.67. The van der Waals surface area contributed by atoms with E-state index < -0.39 is 43.2 Å². The minimum atomic E-state index is -4.76. The van der Waals surface area contributed by atoms with Crippen LogP contribution in [0.5, 0.6) is 0 Å². The van der Waals surface area contributed by atoms with Crippen LogP contribution in [0.1, 0.15) is 23.5 Å². The van der Waals surface area contributed by atoms with Gasteiger partial charge in [-0.1, -0.05) is 48.5 Å². The summed E-state index contributed by atoms with van der Waals surface area (Å²) >= 11 is 0. The van der Waals surface area contributed by atoms with Crippen molar-refractivity contribution in [2.45, 2.75) is 24.6 Å². The molecular formula is C21H19F3N2O5. The predicted molar refractivity (Wildman–Crippen MR) is 103 cm³/mol. The topological polar surface area (TPSA) is 105 Å². The number of carboxylic acid groups (broad SMARTS) is 1. The number of alkyl carbamates (subject to hydrolysis) is 1. The zero-order valence-electron chi connectivity index (χ0n) is 16.1. The lowest BCUT2D eigenvalue weighted by atomic mass is 9.98. The highest BCUT2D eigenvalue weighted by molar-refractivity contribution is 5.88. The molecule has 1 aliphatic carbocycles. The summed E-state index contributed by atoms with van der Waals surface area (Å²) in [5.41, 5.74) is 3.80. The number of carbonyl (C=O) groups excluding carboxylic acids is 2. The van der Waals surface area contributed by atoms with Gasteiger partial charge in [0.1, 0.15) is 19.2 Å². The lowest BCUT2D eigenvalue weighted by molar-refractivity contribution is -0.149. The van der Waals surface area contributed by atoms with Gasteiger partial charge < -0.3 is 20.5 Å². The maximum absolute atomic E-state index is 12.8. The van der Waals surface area contributed by atoms with E-state index >= 15 is 0 Å². The summed E-state index contributed by atoms with van der Waals surface area (Å²) in [6, 6.07) is 13.0. The minimum absolute atomic E-state index is 0.144. The molecule has 0 aromatic heterocycles. The van der Waals surface area contributed by atoms with Gasteiger partial charge >= 0.3 is 18.2 Å². The van der Waals surface area contributed by atoms with E-state index in [1.807, 2.05) is 59.2 Å². The lowest BCUT2D eigenvalue weighted by Gasteiger charge is -2.20. The Morgan fingerprint density at radius 1 is 1.00 bits per heavy atom. The van der Waals surface area contributed by atoms with Crippen molar-refractivity contribution in [3.8, 4) is 11.1 Å². The summed E-state index contributed by atoms with van der Waals surface area (Å²) in [6.45, 7) is -1.02. The second kappa shape index (κ2) is 9.07. The van der Waals surface area contributed by atoms with E-state index in [4.69, 9.17) is 9.84 Å². The minimum Gasteiger partial charge on any atom is -0.480 e. The van der Waals surface area contributed by atoms with Gasteiger partial charge in [0.15, 0.2) is 0 Å². The van der Waals surface area contributed by atoms with Crippen LogP contribution < -0.4 is 10.6 Å². The summed E-state index contributed by atoms with van der Waals surface area (Å²) in [5, 5.41) is 12.3. The van der Waals surface area contributed by atoms with Crippen molar-refractivity contribution in [1.82, 2.24) is 10.6 Å². The molecule has 0 heterocycles. The van der Waals surface area contributed by atoms with E-state index in [1.165, 1.54) is 0 Å². The van der Waals surface area contributed by atoms with Crippen molar-refractivity contribution in [2.24, 2.45) is 0 Å². The number of carbonyl (C=O) groups is 3. The molecule has 1 unspecified atom stereocenters. The molecule has 0 fully saturated rings. The molecule has 10 heteroatoms. The fourth-order valence-electron chi connectivity index (χ4n) is 3.51. The molecule has 0 saturated carbocycles. The average molecular weight is 436 g/mol. The van der Waals surface area contributed by atoms with E-state index in [1.54, 1.807) is 0 Å². The van der Waals surface area contributed by atoms with Crippen molar-refractivity contribution in [3.05, 3.63) is 59.7 Å². The van der Waals surface area contributed by atoms with Crippen molar-refractivity contribution in [3.63, 3.8) is 0 Å². The van der Waals surface area contributed by atoms with Crippen LogP contribution >= 0.6 is 0 Å². The van der Waals surface area contributed by atoms with E-state index in [0.717, 1.165) is 22.3 Å². The summed E-state index contributed by atoms with van der Waals surface area (Å²) in [5.74, 6) is -3.01. The van der Waals surface area contributed by atoms with E-state index in [-0.39, 0.29) is 12.5 Å². The fraction of sp³-hybridized carbons (Fsp3) is 0.286. The van der Waals surface area contributed by atoms with Crippen molar-refractivity contribution in [1.29, 1.82) is 0 Å². The van der Waals surface area contributed by atoms with Gasteiger partial charge in [0.05, 0.1) is 6.42 Å². The van der Waals surface area contributed by atoms with E-state index in [0.29, 0.717) is 0 Å². The van der Waals surface area contributed by atoms with Crippen LogP contribution in [0.4, 0.5) is 18.0 Å². The van der Waals surface area contributed by atoms with Crippen molar-refractivity contribution < 1.29 is 37.4 Å². The molecule has 164 valence electrons. The van der Waals surface area contributed by atoms with Gasteiger partial charge in [0.2, 0.25) is 5.91 Å². The number of rotatable bonds is 7. The van der Waals surface area contributed by atoms with Gasteiger partial charge in [-0.15, -0.1) is 0 Å². The van der Waals surface area contributed by atoms with E-state index in [9.17, 15) is 27.6 Å². The molecule has 3 N–H and O–H groups in total. The maximum atomic E-state index is 12.8. The molecule has 2 aromatic rings. The number of amides is 2. The van der Waals surface area contributed by atoms with Crippen LogP contribution in [0.3, 0.4) is 0 Å². The highest BCUT2D eigenvalue weighted by Crippen LogP contribution is 2.44. The first kappa shape index (κ1) is 22.1. The molecule has 1 aliphatic rings. The summed E-state index contributed by atoms with van der Waals surface area (Å²) in [4.78, 5) is 34.6. The van der Waals surface area contributed by atoms with Crippen LogP contribution in [0.25, 0.3) is 11.1 Å². The van der Waals surface area contributed by atoms with Crippen LogP contribution in [0.2, 0.25) is 0 Å². The number of alkyl halides is 3. The molecule has 3 rings (SSSR count). The van der Waals surface area contributed by atoms with Gasteiger partial charge in [-0.2, -0.15) is 13.2 Å². The third-order valence-corrected chi connectivity index (χ3v) is 4.80. The van der Waals surface area contributed by atoms with Crippen LogP contribution in [0.15, 0.2) is 48.5 Å². The number of hydrogen-bond donors (Lipinski definition) is 3. The predicted octanol–water partition coefficient (Wildman–Crippen LogP) is 3.05. The largest absolute Gasteiger partial charge is 0.480 e. The molecular weight excluding hydrogens is 417 g/mol. The number of carboxylic acids is 1. The van der Waals surface area contributed by atoms with Crippen LogP contribution in [0, 0.1) is 0 Å². The highest BCUT2D eigenvalue weighted by atomic mass is 19.4. The molecule has 31 heavy (non-hydrogen) atoms. The molecule has 0 aliphatic heterocycles. The third-order valence-electron chi connectivity index (χ3n) is 4.80. The van der Waals surface area contributed by atoms with Crippen LogP contribution in [-0.2, 0) is 14.3 Å². The number of ether oxygens (including phenoxy) is 1. The van der Waals surface area contributed by atoms with Gasteiger partial charge in [0, 0.05) is 5.92 Å². The second-order valence-electron chi connectivity index (χ2n) is 6.95. The fourth-order valence-corrected chi connectivity index (χ4v) is 3.51. The summed E-state index contributed by atoms with van der Waals surface area (Å²) in [6.07, 6.45) is -7.63. The van der Waals surface area contributed by atoms with Gasteiger partial charge in [0.25, 0.3) is 0 Å². The molecule has 2 aromatic carbocycles. The normalized spacial score (nSPS) is 13.6. The molecule has 0 radical (unpaired) electrons. The number of hydrogen-bond acceptors (Lipinski definition) is 4. The Labute approximate surface area is 175 Å². The Bertz CT molecular complexity index is 947. The number of fused-ring (bicyclic) bond motifs is 3.